The molecule has 3 N–H and O–H groups in total. The number of nitro groups is 1. The van der Waals surface area contributed by atoms with E-state index in [9.17, 15) is 14.9 Å². The minimum absolute atomic E-state index is 0.0481. The molecule has 0 aromatic carbocycles. The Labute approximate surface area is 101 Å². The van der Waals surface area contributed by atoms with Crippen LogP contribution in [-0.2, 0) is 0 Å². The molecule has 8 nitrogen and oxygen atoms in total. The van der Waals surface area contributed by atoms with Crippen molar-refractivity contribution in [3.63, 3.8) is 0 Å². The molecule has 0 atom stereocenters. The molecule has 1 aromatic heterocycles. The zero-order valence-corrected chi connectivity index (χ0v) is 9.51. The molecule has 0 fully saturated rings. The third-order valence-electron chi connectivity index (χ3n) is 1.97. The van der Waals surface area contributed by atoms with Crippen LogP contribution in [0.5, 0.6) is 0 Å². The summed E-state index contributed by atoms with van der Waals surface area (Å²) in [4.78, 5) is 25.2. The number of nitrogens with two attached hydrogens (primary N) is 1. The average Bonchev–Trinajstić information content (AvgIpc) is 2.15. The van der Waals surface area contributed by atoms with Crippen LogP contribution in [0, 0.1) is 10.1 Å². The van der Waals surface area contributed by atoms with E-state index in [0.29, 0.717) is 0 Å². The Kier molecular flexibility index (Phi) is 3.69. The second kappa shape index (κ2) is 4.83. The lowest BCUT2D eigenvalue weighted by molar-refractivity contribution is -0.384. The van der Waals surface area contributed by atoms with E-state index < -0.39 is 22.5 Å². The van der Waals surface area contributed by atoms with Crippen molar-refractivity contribution in [2.75, 3.05) is 17.2 Å². The number of hydrogen-bond donors (Lipinski definition) is 2. The van der Waals surface area contributed by atoms with E-state index >= 15 is 0 Å². The number of carbonyl (C=O) groups is 1. The molecule has 0 spiro atoms. The quantitative estimate of drug-likeness (QED) is 0.630. The molecule has 17 heavy (non-hydrogen) atoms. The molecule has 1 amide bonds. The number of halogens is 1. The van der Waals surface area contributed by atoms with E-state index in [1.54, 1.807) is 6.92 Å². The first-order valence-electron chi connectivity index (χ1n) is 4.49. The van der Waals surface area contributed by atoms with Gasteiger partial charge < -0.3 is 10.8 Å². The SMILES string of the molecule is CCN(C(=O)O)c1cc(Cl)c([N+](=O)[O-])c(N)n1. The summed E-state index contributed by atoms with van der Waals surface area (Å²) in [6.07, 6.45) is -1.25. The summed E-state index contributed by atoms with van der Waals surface area (Å²) < 4.78 is 0. The first-order valence-corrected chi connectivity index (χ1v) is 4.87. The summed E-state index contributed by atoms with van der Waals surface area (Å²) in [6.45, 7) is 1.71. The van der Waals surface area contributed by atoms with Crippen molar-refractivity contribution in [2.24, 2.45) is 0 Å². The summed E-state index contributed by atoms with van der Waals surface area (Å²) in [5.41, 5.74) is 4.83. The molecule has 0 unspecified atom stereocenters. The van der Waals surface area contributed by atoms with Gasteiger partial charge in [-0.1, -0.05) is 11.6 Å². The third kappa shape index (κ3) is 2.53. The van der Waals surface area contributed by atoms with Gasteiger partial charge in [-0.05, 0) is 6.92 Å². The van der Waals surface area contributed by atoms with Crippen molar-refractivity contribution in [2.45, 2.75) is 6.92 Å². The van der Waals surface area contributed by atoms with Gasteiger partial charge in [-0.25, -0.2) is 9.78 Å². The van der Waals surface area contributed by atoms with Gasteiger partial charge in [0.2, 0.25) is 5.82 Å². The van der Waals surface area contributed by atoms with Crippen LogP contribution in [0.15, 0.2) is 6.07 Å². The minimum Gasteiger partial charge on any atom is -0.465 e. The number of pyridine rings is 1. The van der Waals surface area contributed by atoms with Crippen molar-refractivity contribution < 1.29 is 14.8 Å². The Morgan fingerprint density at radius 1 is 1.76 bits per heavy atom. The summed E-state index contributed by atoms with van der Waals surface area (Å²) in [6, 6.07) is 1.09. The van der Waals surface area contributed by atoms with Gasteiger partial charge in [0, 0.05) is 12.6 Å². The first-order chi connectivity index (χ1) is 7.88. The Hall–Kier alpha value is -2.09. The van der Waals surface area contributed by atoms with E-state index in [2.05, 4.69) is 4.98 Å². The van der Waals surface area contributed by atoms with Crippen LogP contribution >= 0.6 is 11.6 Å². The molecule has 1 heterocycles. The smallest absolute Gasteiger partial charge is 0.413 e. The van der Waals surface area contributed by atoms with E-state index in [0.717, 1.165) is 11.0 Å². The lowest BCUT2D eigenvalue weighted by Crippen LogP contribution is -2.29. The fourth-order valence-electron chi connectivity index (χ4n) is 1.23. The highest BCUT2D eigenvalue weighted by atomic mass is 35.5. The lowest BCUT2D eigenvalue weighted by Gasteiger charge is -2.16. The van der Waals surface area contributed by atoms with Gasteiger partial charge in [-0.3, -0.25) is 15.0 Å². The molecule has 0 aliphatic heterocycles. The van der Waals surface area contributed by atoms with Gasteiger partial charge in [-0.2, -0.15) is 0 Å². The van der Waals surface area contributed by atoms with Crippen LogP contribution in [0.3, 0.4) is 0 Å². The maximum absolute atomic E-state index is 10.8. The predicted octanol–water partition coefficient (Wildman–Crippen LogP) is 1.73. The number of amides is 1. The van der Waals surface area contributed by atoms with E-state index in [1.165, 1.54) is 0 Å². The molecule has 0 saturated heterocycles. The van der Waals surface area contributed by atoms with Crippen molar-refractivity contribution in [1.29, 1.82) is 0 Å². The number of anilines is 2. The molecule has 0 saturated carbocycles. The Bertz CT molecular complexity index is 456. The van der Waals surface area contributed by atoms with Gasteiger partial charge in [0.15, 0.2) is 0 Å². The number of nitrogens with zero attached hydrogens (tertiary/aromatic N) is 3. The van der Waals surface area contributed by atoms with Gasteiger partial charge >= 0.3 is 11.8 Å². The fraction of sp³-hybridized carbons (Fsp3) is 0.250. The van der Waals surface area contributed by atoms with E-state index in [4.69, 9.17) is 22.4 Å². The molecule has 1 rings (SSSR count). The molecule has 0 bridgehead atoms. The molecular weight excluding hydrogens is 252 g/mol. The monoisotopic (exact) mass is 260 g/mol. The van der Waals surface area contributed by atoms with Crippen molar-refractivity contribution in [3.8, 4) is 0 Å². The zero-order chi connectivity index (χ0) is 13.2. The zero-order valence-electron chi connectivity index (χ0n) is 8.75. The van der Waals surface area contributed by atoms with Crippen LogP contribution in [0.4, 0.5) is 22.1 Å². The van der Waals surface area contributed by atoms with Crippen LogP contribution in [0.2, 0.25) is 5.02 Å². The number of carboxylic acid groups (broad SMARTS) is 1. The number of aromatic nitrogens is 1. The summed E-state index contributed by atoms with van der Waals surface area (Å²) in [5.74, 6) is -0.467. The fourth-order valence-corrected chi connectivity index (χ4v) is 1.49. The summed E-state index contributed by atoms with van der Waals surface area (Å²) in [5, 5.41) is 19.2. The highest BCUT2D eigenvalue weighted by molar-refractivity contribution is 6.33. The third-order valence-corrected chi connectivity index (χ3v) is 2.25. The Morgan fingerprint density at radius 2 is 2.35 bits per heavy atom. The van der Waals surface area contributed by atoms with Crippen LogP contribution in [0.1, 0.15) is 6.92 Å². The number of nitrogen functional groups attached to an aromatic ring is 1. The molecule has 9 heteroatoms. The van der Waals surface area contributed by atoms with E-state index in [-0.39, 0.29) is 17.4 Å². The minimum atomic E-state index is -1.25. The largest absolute Gasteiger partial charge is 0.465 e. The first kappa shape index (κ1) is 13.0. The Balaban J connectivity index is 3.31. The molecular formula is C8H9ClN4O4. The number of rotatable bonds is 3. The summed E-state index contributed by atoms with van der Waals surface area (Å²) >= 11 is 5.65. The van der Waals surface area contributed by atoms with E-state index in [1.807, 2.05) is 0 Å². The predicted molar refractivity (Wildman–Crippen MR) is 61.4 cm³/mol. The second-order valence-electron chi connectivity index (χ2n) is 2.98. The van der Waals surface area contributed by atoms with Gasteiger partial charge in [-0.15, -0.1) is 0 Å². The Morgan fingerprint density at radius 3 is 2.71 bits per heavy atom. The van der Waals surface area contributed by atoms with Gasteiger partial charge in [0.25, 0.3) is 0 Å². The number of hydrogen-bond acceptors (Lipinski definition) is 5. The van der Waals surface area contributed by atoms with Crippen LogP contribution in [0.25, 0.3) is 0 Å². The molecule has 0 aliphatic carbocycles. The molecule has 0 radical (unpaired) electrons. The van der Waals surface area contributed by atoms with Crippen LogP contribution in [-0.4, -0.2) is 27.7 Å². The van der Waals surface area contributed by atoms with Crippen molar-refractivity contribution in [1.82, 2.24) is 4.98 Å². The topological polar surface area (TPSA) is 123 Å². The summed E-state index contributed by atoms with van der Waals surface area (Å²) in [7, 11) is 0. The van der Waals surface area contributed by atoms with Gasteiger partial charge in [0.05, 0.1) is 4.92 Å². The van der Waals surface area contributed by atoms with Crippen LogP contribution < -0.4 is 10.6 Å². The average molecular weight is 261 g/mol. The molecule has 92 valence electrons. The highest BCUT2D eigenvalue weighted by Crippen LogP contribution is 2.32. The second-order valence-corrected chi connectivity index (χ2v) is 3.39. The maximum Gasteiger partial charge on any atom is 0.413 e. The molecule has 0 aliphatic rings. The normalized spacial score (nSPS) is 10.0. The lowest BCUT2D eigenvalue weighted by atomic mass is 10.3. The molecule has 1 aromatic rings. The van der Waals surface area contributed by atoms with Crippen molar-refractivity contribution in [3.05, 3.63) is 21.2 Å². The highest BCUT2D eigenvalue weighted by Gasteiger charge is 2.23. The standard InChI is InChI=1S/C8H9ClN4O4/c1-2-12(8(14)15)5-3-4(9)6(13(16)17)7(10)11-5/h3H,2H2,1H3,(H2,10,11)(H,14,15). The van der Waals surface area contributed by atoms with Crippen molar-refractivity contribution >= 4 is 35.0 Å². The maximum atomic E-state index is 10.8. The van der Waals surface area contributed by atoms with Gasteiger partial charge in [0.1, 0.15) is 10.8 Å².